The van der Waals surface area contributed by atoms with Crippen LogP contribution in [0.5, 0.6) is 0 Å². The van der Waals surface area contributed by atoms with E-state index in [2.05, 4.69) is 15.0 Å². The fourth-order valence-corrected chi connectivity index (χ4v) is 4.89. The molecule has 42 heavy (non-hydrogen) atoms. The van der Waals surface area contributed by atoms with E-state index in [0.717, 1.165) is 0 Å². The molecular weight excluding hydrogens is 553 g/mol. The van der Waals surface area contributed by atoms with Gasteiger partial charge in [-0.25, -0.2) is 33.7 Å². The number of alkyl halides is 1. The normalized spacial score (nSPS) is 20.4. The molecule has 1 saturated heterocycles. The highest BCUT2D eigenvalue weighted by Crippen LogP contribution is 2.43. The van der Waals surface area contributed by atoms with Gasteiger partial charge in [-0.1, -0.05) is 12.1 Å². The van der Waals surface area contributed by atoms with Crippen LogP contribution in [0.2, 0.25) is 0 Å². The van der Waals surface area contributed by atoms with Crippen LogP contribution < -0.4 is 5.73 Å². The van der Waals surface area contributed by atoms with Gasteiger partial charge in [0.05, 0.1) is 44.9 Å². The number of fused-ring (bicyclic) bond motifs is 1. The highest BCUT2D eigenvalue weighted by molar-refractivity contribution is 6.04. The molecule has 13 nitrogen and oxygen atoms in total. The summed E-state index contributed by atoms with van der Waals surface area (Å²) in [5, 5.41) is 0. The zero-order valence-electron chi connectivity index (χ0n) is 24.1. The second-order valence-corrected chi connectivity index (χ2v) is 10.0. The van der Waals surface area contributed by atoms with Crippen molar-refractivity contribution in [3.63, 3.8) is 0 Å². The number of esters is 3. The van der Waals surface area contributed by atoms with E-state index in [0.29, 0.717) is 22.6 Å². The smallest absolute Gasteiger partial charge is 0.350 e. The van der Waals surface area contributed by atoms with Gasteiger partial charge < -0.3 is 29.4 Å². The third-order valence-electron chi connectivity index (χ3n) is 6.83. The molecule has 1 aliphatic heterocycles. The number of rotatable bonds is 11. The van der Waals surface area contributed by atoms with E-state index < -0.39 is 41.5 Å². The van der Waals surface area contributed by atoms with Gasteiger partial charge in [0.25, 0.3) is 5.60 Å². The number of imidazole rings is 1. The largest absolute Gasteiger partial charge is 0.465 e. The Bertz CT molecular complexity index is 1440. The number of aryl methyl sites for hydroxylation is 1. The summed E-state index contributed by atoms with van der Waals surface area (Å²) in [6.45, 7) is 5.78. The van der Waals surface area contributed by atoms with Crippen molar-refractivity contribution in [2.45, 2.75) is 64.1 Å². The lowest BCUT2D eigenvalue weighted by atomic mass is 9.93. The number of halogens is 1. The van der Waals surface area contributed by atoms with Crippen LogP contribution >= 0.6 is 0 Å². The number of nitrogen functional groups attached to an aromatic ring is 1. The quantitative estimate of drug-likeness (QED) is 0.198. The van der Waals surface area contributed by atoms with Crippen molar-refractivity contribution < 1.29 is 42.5 Å². The van der Waals surface area contributed by atoms with Crippen LogP contribution in [0.25, 0.3) is 11.2 Å². The lowest BCUT2D eigenvalue weighted by molar-refractivity contribution is -0.195. The van der Waals surface area contributed by atoms with Gasteiger partial charge >= 0.3 is 17.9 Å². The van der Waals surface area contributed by atoms with E-state index in [4.69, 9.17) is 29.4 Å². The van der Waals surface area contributed by atoms with Gasteiger partial charge in [0, 0.05) is 12.8 Å². The van der Waals surface area contributed by atoms with E-state index in [1.807, 2.05) is 0 Å². The molecule has 2 aromatic heterocycles. The van der Waals surface area contributed by atoms with Crippen molar-refractivity contribution in [3.8, 4) is 0 Å². The van der Waals surface area contributed by atoms with Crippen LogP contribution in [0.15, 0.2) is 30.6 Å². The molecule has 14 heteroatoms. The number of aromatic nitrogens is 4. The molecule has 0 unspecified atom stereocenters. The van der Waals surface area contributed by atoms with Gasteiger partial charge in [-0.2, -0.15) is 0 Å². The molecule has 0 spiro atoms. The predicted octanol–water partition coefficient (Wildman–Crippen LogP) is 2.64. The minimum Gasteiger partial charge on any atom is -0.465 e. The predicted molar refractivity (Wildman–Crippen MR) is 146 cm³/mol. The maximum absolute atomic E-state index is 16.0. The Balaban J connectivity index is 1.62. The Labute approximate surface area is 241 Å². The van der Waals surface area contributed by atoms with Crippen molar-refractivity contribution in [2.75, 3.05) is 32.7 Å². The van der Waals surface area contributed by atoms with Crippen LogP contribution in [0.4, 0.5) is 10.2 Å². The molecule has 3 aromatic rings. The molecule has 226 valence electrons. The maximum Gasteiger partial charge on any atom is 0.350 e. The lowest BCUT2D eigenvalue weighted by Crippen LogP contribution is -2.54. The molecule has 3 atom stereocenters. The minimum absolute atomic E-state index is 0.0344. The summed E-state index contributed by atoms with van der Waals surface area (Å²) in [6, 6.07) is 6.11. The zero-order chi connectivity index (χ0) is 30.7. The summed E-state index contributed by atoms with van der Waals surface area (Å²) in [7, 11) is 1.26. The number of carbonyl (C=O) groups excluding carboxylic acids is 3. The lowest BCUT2D eigenvalue weighted by Gasteiger charge is -2.30. The first-order valence-corrected chi connectivity index (χ1v) is 13.4. The van der Waals surface area contributed by atoms with E-state index in [1.165, 1.54) is 37.1 Å². The van der Waals surface area contributed by atoms with E-state index in [9.17, 15) is 14.4 Å². The molecule has 3 heterocycles. The van der Waals surface area contributed by atoms with Crippen molar-refractivity contribution in [3.05, 3.63) is 47.5 Å². The van der Waals surface area contributed by atoms with Crippen molar-refractivity contribution in [1.82, 2.24) is 19.5 Å². The number of nitrogens with zero attached hydrogens (tertiary/aromatic N) is 4. The van der Waals surface area contributed by atoms with Crippen LogP contribution in [0, 0.1) is 6.92 Å². The summed E-state index contributed by atoms with van der Waals surface area (Å²) < 4.78 is 44.7. The first-order chi connectivity index (χ1) is 19.9. The molecule has 1 fully saturated rings. The van der Waals surface area contributed by atoms with Gasteiger partial charge in [0.2, 0.25) is 0 Å². The van der Waals surface area contributed by atoms with Crippen molar-refractivity contribution in [2.24, 2.45) is 0 Å². The molecule has 4 rings (SSSR count). The summed E-state index contributed by atoms with van der Waals surface area (Å²) in [5.41, 5.74) is 3.20. The molecule has 2 N–H and O–H groups in total. The molecule has 1 aliphatic rings. The molecular formula is C28H34FN5O8. The SMILES string of the molecule is CCOC(=O)C(Cc1ccc(C(=O)OC)cc1)(OC[C@@H]1C[C@@](C)(F)[C@H](n2cnc3c(N)nc(C)nc32)O1)C(=O)OCC. The molecule has 0 aliphatic carbocycles. The second kappa shape index (κ2) is 12.4. The van der Waals surface area contributed by atoms with Gasteiger partial charge in [0.1, 0.15) is 11.3 Å². The Morgan fingerprint density at radius 3 is 2.38 bits per heavy atom. The monoisotopic (exact) mass is 587 g/mol. The number of nitrogens with two attached hydrogens (primary N) is 1. The number of anilines is 1. The Hall–Kier alpha value is -4.17. The Morgan fingerprint density at radius 2 is 1.79 bits per heavy atom. The fourth-order valence-electron chi connectivity index (χ4n) is 4.89. The topological polar surface area (TPSA) is 167 Å². The number of hydrogen-bond donors (Lipinski definition) is 1. The number of methoxy groups -OCH3 is 1. The first-order valence-electron chi connectivity index (χ1n) is 13.4. The van der Waals surface area contributed by atoms with Crippen molar-refractivity contribution >= 4 is 34.9 Å². The Kier molecular flexibility index (Phi) is 9.06. The van der Waals surface area contributed by atoms with Crippen molar-refractivity contribution in [1.29, 1.82) is 0 Å². The van der Waals surface area contributed by atoms with E-state index in [1.54, 1.807) is 32.9 Å². The van der Waals surface area contributed by atoms with Crippen LogP contribution in [-0.2, 0) is 39.7 Å². The minimum atomic E-state index is -2.23. The number of carbonyl (C=O) groups is 3. The van der Waals surface area contributed by atoms with Crippen LogP contribution in [-0.4, -0.2) is 81.7 Å². The Morgan fingerprint density at radius 1 is 1.14 bits per heavy atom. The molecule has 0 saturated carbocycles. The highest BCUT2D eigenvalue weighted by atomic mass is 19.1. The van der Waals surface area contributed by atoms with Crippen LogP contribution in [0.1, 0.15) is 55.2 Å². The van der Waals surface area contributed by atoms with Crippen LogP contribution in [0.3, 0.4) is 0 Å². The standard InChI is InChI=1S/C28H34FN5O8/c1-6-39-25(36)28(26(37)40-7-2,12-17-8-10-18(11-9-17)23(35)38-5)41-14-19-13-27(4,29)24(42-19)34-15-31-20-21(30)32-16(3)33-22(20)34/h8-11,15,19,24H,6-7,12-14H2,1-5H3,(H2,30,32,33)/t19-,24+,27+/m0/s1. The first kappa shape index (κ1) is 30.8. The van der Waals surface area contributed by atoms with Gasteiger partial charge in [0.15, 0.2) is 23.4 Å². The molecule has 0 amide bonds. The summed E-state index contributed by atoms with van der Waals surface area (Å²) >= 11 is 0. The summed E-state index contributed by atoms with van der Waals surface area (Å²) in [4.78, 5) is 51.2. The summed E-state index contributed by atoms with van der Waals surface area (Å²) in [5.74, 6) is -1.95. The van der Waals surface area contributed by atoms with E-state index in [-0.39, 0.29) is 44.0 Å². The number of hydrogen-bond acceptors (Lipinski definition) is 12. The average molecular weight is 588 g/mol. The average Bonchev–Trinajstić information content (AvgIpc) is 3.50. The second-order valence-electron chi connectivity index (χ2n) is 10.0. The summed E-state index contributed by atoms with van der Waals surface area (Å²) in [6.07, 6.45) is -1.08. The third kappa shape index (κ3) is 6.04. The third-order valence-corrected chi connectivity index (χ3v) is 6.83. The molecule has 1 aromatic carbocycles. The molecule has 0 bridgehead atoms. The number of ether oxygens (including phenoxy) is 5. The van der Waals surface area contributed by atoms with Gasteiger partial charge in [-0.3, -0.25) is 4.57 Å². The van der Waals surface area contributed by atoms with E-state index >= 15 is 4.39 Å². The zero-order valence-corrected chi connectivity index (χ0v) is 24.1. The maximum atomic E-state index is 16.0. The molecule has 0 radical (unpaired) electrons. The fraction of sp³-hybridized carbons (Fsp3) is 0.500. The number of benzene rings is 1. The van der Waals surface area contributed by atoms with Gasteiger partial charge in [-0.05, 0) is 45.4 Å². The van der Waals surface area contributed by atoms with Gasteiger partial charge in [-0.15, -0.1) is 0 Å². The highest BCUT2D eigenvalue weighted by Gasteiger charge is 2.53.